The molecule has 5 nitrogen and oxygen atoms in total. The Bertz CT molecular complexity index is 701. The van der Waals surface area contributed by atoms with Gasteiger partial charge in [0.15, 0.2) is 0 Å². The molecule has 2 rings (SSSR count). The fourth-order valence-corrected chi connectivity index (χ4v) is 1.80. The van der Waals surface area contributed by atoms with Crippen LogP contribution in [0.15, 0.2) is 42.5 Å². The van der Waals surface area contributed by atoms with E-state index in [1.165, 1.54) is 25.2 Å². The van der Waals surface area contributed by atoms with Crippen molar-refractivity contribution in [1.82, 2.24) is 5.32 Å². The van der Waals surface area contributed by atoms with Crippen LogP contribution in [0.1, 0.15) is 20.7 Å². The largest absolute Gasteiger partial charge is 0.399 e. The Morgan fingerprint density at radius 1 is 1.10 bits per heavy atom. The van der Waals surface area contributed by atoms with Crippen LogP contribution in [0.3, 0.4) is 0 Å². The quantitative estimate of drug-likeness (QED) is 0.755. The molecule has 21 heavy (non-hydrogen) atoms. The van der Waals surface area contributed by atoms with E-state index in [1.54, 1.807) is 18.2 Å². The molecule has 4 N–H and O–H groups in total. The summed E-state index contributed by atoms with van der Waals surface area (Å²) in [5.74, 6) is -1.58. The molecule has 0 saturated heterocycles. The van der Waals surface area contributed by atoms with Crippen LogP contribution in [0, 0.1) is 5.82 Å². The average Bonchev–Trinajstić information content (AvgIpc) is 2.46. The number of nitrogens with one attached hydrogen (secondary N) is 2. The Balaban J connectivity index is 2.21. The van der Waals surface area contributed by atoms with Crippen molar-refractivity contribution in [2.75, 3.05) is 18.1 Å². The Hall–Kier alpha value is -2.89. The second-order valence-corrected chi connectivity index (χ2v) is 4.35. The summed E-state index contributed by atoms with van der Waals surface area (Å²) in [6.07, 6.45) is 0. The van der Waals surface area contributed by atoms with Crippen LogP contribution in [0.25, 0.3) is 0 Å². The number of hydrogen-bond donors (Lipinski definition) is 3. The van der Waals surface area contributed by atoms with Gasteiger partial charge in [-0.15, -0.1) is 0 Å². The lowest BCUT2D eigenvalue weighted by atomic mass is 10.1. The van der Waals surface area contributed by atoms with Crippen LogP contribution in [-0.4, -0.2) is 18.9 Å². The molecular formula is C15H14FN3O2. The van der Waals surface area contributed by atoms with Crippen molar-refractivity contribution >= 4 is 23.2 Å². The normalized spacial score (nSPS) is 10.0. The van der Waals surface area contributed by atoms with Gasteiger partial charge in [0.1, 0.15) is 5.82 Å². The first-order chi connectivity index (χ1) is 10.0. The third-order valence-electron chi connectivity index (χ3n) is 2.85. The molecule has 0 saturated carbocycles. The molecule has 0 aliphatic heterocycles. The summed E-state index contributed by atoms with van der Waals surface area (Å²) < 4.78 is 13.7. The van der Waals surface area contributed by atoms with Crippen LogP contribution in [0.5, 0.6) is 0 Å². The maximum atomic E-state index is 13.7. The van der Waals surface area contributed by atoms with Gasteiger partial charge in [0.2, 0.25) is 0 Å². The summed E-state index contributed by atoms with van der Waals surface area (Å²) in [6.45, 7) is 0. The van der Waals surface area contributed by atoms with E-state index in [4.69, 9.17) is 5.73 Å². The number of hydrogen-bond acceptors (Lipinski definition) is 3. The summed E-state index contributed by atoms with van der Waals surface area (Å²) in [5, 5.41) is 5.02. The van der Waals surface area contributed by atoms with Gasteiger partial charge in [0.25, 0.3) is 11.8 Å². The minimum absolute atomic E-state index is 0.116. The Morgan fingerprint density at radius 2 is 1.86 bits per heavy atom. The van der Waals surface area contributed by atoms with Gasteiger partial charge in [-0.05, 0) is 36.4 Å². The van der Waals surface area contributed by atoms with Crippen molar-refractivity contribution in [3.8, 4) is 0 Å². The molecule has 6 heteroatoms. The minimum atomic E-state index is -0.699. The van der Waals surface area contributed by atoms with Gasteiger partial charge in [0.05, 0.1) is 5.56 Å². The van der Waals surface area contributed by atoms with Crippen molar-refractivity contribution in [3.05, 3.63) is 59.4 Å². The van der Waals surface area contributed by atoms with Crippen molar-refractivity contribution in [2.45, 2.75) is 0 Å². The van der Waals surface area contributed by atoms with Crippen molar-refractivity contribution in [2.24, 2.45) is 0 Å². The number of carbonyl (C=O) groups excluding carboxylic acids is 2. The summed E-state index contributed by atoms with van der Waals surface area (Å²) >= 11 is 0. The molecule has 0 aromatic heterocycles. The molecule has 0 aliphatic rings. The number of rotatable bonds is 3. The monoisotopic (exact) mass is 287 g/mol. The standard InChI is InChI=1S/C15H14FN3O2/c1-18-14(20)9-3-2-4-11(7-9)19-15(21)12-6-5-10(17)8-13(12)16/h2-8H,17H2,1H3,(H,18,20)(H,19,21). The number of carbonyl (C=O) groups is 2. The SMILES string of the molecule is CNC(=O)c1cccc(NC(=O)c2ccc(N)cc2F)c1. The zero-order valence-electron chi connectivity index (χ0n) is 11.3. The number of nitrogen functional groups attached to an aromatic ring is 1. The highest BCUT2D eigenvalue weighted by atomic mass is 19.1. The van der Waals surface area contributed by atoms with E-state index in [9.17, 15) is 14.0 Å². The van der Waals surface area contributed by atoms with E-state index in [0.717, 1.165) is 6.07 Å². The Kier molecular flexibility index (Phi) is 4.18. The summed E-state index contributed by atoms with van der Waals surface area (Å²) in [5.41, 5.74) is 6.35. The Labute approximate surface area is 121 Å². The van der Waals surface area contributed by atoms with E-state index in [2.05, 4.69) is 10.6 Å². The molecule has 0 bridgehead atoms. The Morgan fingerprint density at radius 3 is 2.52 bits per heavy atom. The lowest BCUT2D eigenvalue weighted by molar-refractivity contribution is 0.0961. The second-order valence-electron chi connectivity index (χ2n) is 4.35. The van der Waals surface area contributed by atoms with Crippen LogP contribution in [0.4, 0.5) is 15.8 Å². The highest BCUT2D eigenvalue weighted by molar-refractivity contribution is 6.05. The third-order valence-corrected chi connectivity index (χ3v) is 2.85. The molecule has 0 heterocycles. The zero-order valence-corrected chi connectivity index (χ0v) is 11.3. The smallest absolute Gasteiger partial charge is 0.258 e. The minimum Gasteiger partial charge on any atom is -0.399 e. The zero-order chi connectivity index (χ0) is 15.4. The number of benzene rings is 2. The van der Waals surface area contributed by atoms with E-state index in [0.29, 0.717) is 11.3 Å². The molecule has 0 spiro atoms. The highest BCUT2D eigenvalue weighted by Crippen LogP contribution is 2.16. The van der Waals surface area contributed by atoms with E-state index in [-0.39, 0.29) is 17.2 Å². The van der Waals surface area contributed by atoms with Gasteiger partial charge >= 0.3 is 0 Å². The molecule has 0 unspecified atom stereocenters. The van der Waals surface area contributed by atoms with Crippen molar-refractivity contribution in [3.63, 3.8) is 0 Å². The lowest BCUT2D eigenvalue weighted by Gasteiger charge is -2.08. The molecular weight excluding hydrogens is 273 g/mol. The second kappa shape index (κ2) is 6.04. The first-order valence-electron chi connectivity index (χ1n) is 6.20. The number of anilines is 2. The van der Waals surface area contributed by atoms with Gasteiger partial charge in [-0.3, -0.25) is 9.59 Å². The van der Waals surface area contributed by atoms with Gasteiger partial charge < -0.3 is 16.4 Å². The van der Waals surface area contributed by atoms with Gasteiger partial charge in [0, 0.05) is 24.0 Å². The maximum absolute atomic E-state index is 13.7. The number of amides is 2. The fraction of sp³-hybridized carbons (Fsp3) is 0.0667. The molecule has 0 aliphatic carbocycles. The molecule has 2 aromatic rings. The first kappa shape index (κ1) is 14.5. The van der Waals surface area contributed by atoms with Crippen molar-refractivity contribution < 1.29 is 14.0 Å². The molecule has 2 aromatic carbocycles. The molecule has 0 atom stereocenters. The third kappa shape index (κ3) is 3.36. The fourth-order valence-electron chi connectivity index (χ4n) is 1.80. The topological polar surface area (TPSA) is 84.2 Å². The molecule has 2 amide bonds. The summed E-state index contributed by atoms with van der Waals surface area (Å²) in [7, 11) is 1.51. The summed E-state index contributed by atoms with van der Waals surface area (Å²) in [4.78, 5) is 23.5. The average molecular weight is 287 g/mol. The van der Waals surface area contributed by atoms with Gasteiger partial charge in [-0.25, -0.2) is 4.39 Å². The molecule has 0 radical (unpaired) electrons. The lowest BCUT2D eigenvalue weighted by Crippen LogP contribution is -2.18. The number of halogens is 1. The van der Waals surface area contributed by atoms with Crippen LogP contribution in [-0.2, 0) is 0 Å². The van der Waals surface area contributed by atoms with E-state index < -0.39 is 11.7 Å². The summed E-state index contributed by atoms with van der Waals surface area (Å²) in [6, 6.07) is 10.2. The van der Waals surface area contributed by atoms with E-state index >= 15 is 0 Å². The highest BCUT2D eigenvalue weighted by Gasteiger charge is 2.12. The van der Waals surface area contributed by atoms with E-state index in [1.807, 2.05) is 0 Å². The number of nitrogens with two attached hydrogens (primary N) is 1. The van der Waals surface area contributed by atoms with Gasteiger partial charge in [-0.2, -0.15) is 0 Å². The van der Waals surface area contributed by atoms with Crippen LogP contribution >= 0.6 is 0 Å². The predicted molar refractivity (Wildman–Crippen MR) is 78.6 cm³/mol. The predicted octanol–water partition coefficient (Wildman–Crippen LogP) is 2.02. The van der Waals surface area contributed by atoms with Crippen molar-refractivity contribution in [1.29, 1.82) is 0 Å². The molecule has 0 fully saturated rings. The van der Waals surface area contributed by atoms with Crippen LogP contribution in [0.2, 0.25) is 0 Å². The first-order valence-corrected chi connectivity index (χ1v) is 6.20. The van der Waals surface area contributed by atoms with Gasteiger partial charge in [-0.1, -0.05) is 6.07 Å². The van der Waals surface area contributed by atoms with Crippen LogP contribution < -0.4 is 16.4 Å². The maximum Gasteiger partial charge on any atom is 0.258 e. The molecule has 108 valence electrons.